The van der Waals surface area contributed by atoms with Gasteiger partial charge in [0.1, 0.15) is 12.4 Å². The molecule has 50 heavy (non-hydrogen) atoms. The van der Waals surface area contributed by atoms with Crippen LogP contribution in [-0.4, -0.2) is 124 Å². The molecule has 15 nitrogen and oxygen atoms in total. The molecule has 0 bridgehead atoms. The summed E-state index contributed by atoms with van der Waals surface area (Å²) in [5, 5.41) is 32.6. The Morgan fingerprint density at radius 3 is 1.80 bits per heavy atom. The summed E-state index contributed by atoms with van der Waals surface area (Å²) in [6.45, 7) is 6.94. The van der Waals surface area contributed by atoms with Gasteiger partial charge in [0.25, 0.3) is 5.91 Å². The van der Waals surface area contributed by atoms with Crippen LogP contribution in [0.2, 0.25) is 5.02 Å². The van der Waals surface area contributed by atoms with Gasteiger partial charge in [-0.05, 0) is 62.0 Å². The summed E-state index contributed by atoms with van der Waals surface area (Å²) in [4.78, 5) is 68.9. The lowest BCUT2D eigenvalue weighted by Crippen LogP contribution is -2.45. The van der Waals surface area contributed by atoms with E-state index < -0.39 is 23.9 Å². The molecule has 1 aromatic heterocycles. The van der Waals surface area contributed by atoms with Crippen molar-refractivity contribution in [3.63, 3.8) is 0 Å². The molecule has 1 aliphatic heterocycles. The van der Waals surface area contributed by atoms with Crippen molar-refractivity contribution in [2.24, 2.45) is 0 Å². The van der Waals surface area contributed by atoms with Gasteiger partial charge in [0.2, 0.25) is 0 Å². The van der Waals surface area contributed by atoms with Gasteiger partial charge in [0.05, 0.1) is 19.0 Å². The highest BCUT2D eigenvalue weighted by Gasteiger charge is 2.23. The summed E-state index contributed by atoms with van der Waals surface area (Å²) in [7, 11) is 3.71. The molecular weight excluding hydrogens is 678 g/mol. The van der Waals surface area contributed by atoms with Crippen LogP contribution < -0.4 is 4.74 Å². The Bertz CT molecular complexity index is 1670. The zero-order valence-corrected chi connectivity index (χ0v) is 28.3. The van der Waals surface area contributed by atoms with Crippen molar-refractivity contribution in [1.29, 1.82) is 0 Å². The van der Waals surface area contributed by atoms with E-state index >= 15 is 0 Å². The molecule has 4 rings (SSSR count). The molecule has 2 heterocycles. The molecule has 16 heteroatoms. The first-order valence-electron chi connectivity index (χ1n) is 15.0. The molecule has 0 unspecified atom stereocenters. The third-order valence-corrected chi connectivity index (χ3v) is 7.41. The molecule has 0 aliphatic carbocycles. The molecule has 0 radical (unpaired) electrons. The summed E-state index contributed by atoms with van der Waals surface area (Å²) in [5.74, 6) is -4.86. The fourth-order valence-corrected chi connectivity index (χ4v) is 4.76. The number of likely N-dealkylation sites (N-methyl/N-ethyl adjacent to an activating group) is 1. The Hall–Kier alpha value is -5.51. The monoisotopic (exact) mass is 715 g/mol. The number of aromatic nitrogens is 1. The Labute approximate surface area is 292 Å². The van der Waals surface area contributed by atoms with Gasteiger partial charge < -0.3 is 34.8 Å². The van der Waals surface area contributed by atoms with Gasteiger partial charge in [-0.15, -0.1) is 0 Å². The first kappa shape index (κ1) is 40.7. The number of hydrogen-bond donors (Lipinski definition) is 4. The zero-order valence-electron chi connectivity index (χ0n) is 27.6. The predicted molar refractivity (Wildman–Crippen MR) is 182 cm³/mol. The number of fused-ring (bicyclic) bond motifs is 1. The molecule has 268 valence electrons. The maximum Gasteiger partial charge on any atom is 0.328 e. The highest BCUT2D eigenvalue weighted by Crippen LogP contribution is 2.31. The van der Waals surface area contributed by atoms with Gasteiger partial charge in [0.15, 0.2) is 0 Å². The SMILES string of the molecule is COc1ccc2c(c1)c(CC(=O)OCCN1CCN(C)CC1)c(C)n2C(=O)c1ccc(Cl)cc1.O=C(O)/C=C/C(=O)O.O=C(O)/C=C/C(=O)O. The number of hydrogen-bond acceptors (Lipinski definition) is 10. The number of ether oxygens (including phenoxy) is 2. The van der Waals surface area contributed by atoms with Crippen LogP contribution in [0.15, 0.2) is 66.8 Å². The zero-order chi connectivity index (χ0) is 37.4. The maximum atomic E-state index is 13.4. The van der Waals surface area contributed by atoms with Gasteiger partial charge in [0, 0.05) is 78.7 Å². The fraction of sp³-hybridized carbons (Fsp3) is 0.294. The van der Waals surface area contributed by atoms with Gasteiger partial charge in [-0.25, -0.2) is 19.2 Å². The molecule has 2 aromatic carbocycles. The number of benzene rings is 2. The lowest BCUT2D eigenvalue weighted by atomic mass is 10.1. The third-order valence-electron chi connectivity index (χ3n) is 7.16. The van der Waals surface area contributed by atoms with Crippen molar-refractivity contribution in [1.82, 2.24) is 14.4 Å². The number of aliphatic carboxylic acids is 4. The summed E-state index contributed by atoms with van der Waals surface area (Å²) >= 11 is 5.99. The largest absolute Gasteiger partial charge is 0.497 e. The van der Waals surface area contributed by atoms with Crippen molar-refractivity contribution in [2.45, 2.75) is 13.3 Å². The van der Waals surface area contributed by atoms with E-state index in [0.29, 0.717) is 52.9 Å². The van der Waals surface area contributed by atoms with Crippen LogP contribution in [0.4, 0.5) is 0 Å². The van der Waals surface area contributed by atoms with Crippen molar-refractivity contribution in [3.05, 3.63) is 88.6 Å². The van der Waals surface area contributed by atoms with Gasteiger partial charge in [-0.2, -0.15) is 0 Å². The van der Waals surface area contributed by atoms with E-state index in [1.807, 2.05) is 25.1 Å². The quantitative estimate of drug-likeness (QED) is 0.166. The average molecular weight is 716 g/mol. The van der Waals surface area contributed by atoms with E-state index in [4.69, 9.17) is 41.5 Å². The minimum absolute atomic E-state index is 0.0825. The summed E-state index contributed by atoms with van der Waals surface area (Å²) in [6, 6.07) is 12.3. The molecule has 1 fully saturated rings. The molecular formula is C34H38ClN3O12. The van der Waals surface area contributed by atoms with E-state index in [0.717, 1.165) is 49.2 Å². The van der Waals surface area contributed by atoms with Crippen LogP contribution in [-0.2, 0) is 35.1 Å². The standard InChI is InChI=1S/C26H30ClN3O4.2C4H4O4/c1-18-22(17-25(31)34-15-14-29-12-10-28(2)11-13-29)23-16-21(33-3)8-9-24(23)30(18)26(32)19-4-6-20(27)7-5-19;2*5-3(6)1-2-4(7)8/h4-9,16H,10-15,17H2,1-3H3;2*1-2H,(H,5,6)(H,7,8)/b;2*2-1+. The van der Waals surface area contributed by atoms with E-state index in [2.05, 4.69) is 16.8 Å². The topological polar surface area (TPSA) is 213 Å². The second kappa shape index (κ2) is 20.1. The normalized spacial score (nSPS) is 13.2. The minimum atomic E-state index is -1.26. The maximum absolute atomic E-state index is 13.4. The van der Waals surface area contributed by atoms with Crippen LogP contribution in [0.1, 0.15) is 21.6 Å². The molecule has 1 saturated heterocycles. The predicted octanol–water partition coefficient (Wildman–Crippen LogP) is 3.06. The number of esters is 1. The number of carbonyl (C=O) groups excluding carboxylic acids is 2. The lowest BCUT2D eigenvalue weighted by molar-refractivity contribution is -0.143. The number of carboxylic acid groups (broad SMARTS) is 4. The highest BCUT2D eigenvalue weighted by molar-refractivity contribution is 6.30. The second-order valence-corrected chi connectivity index (χ2v) is 11.1. The van der Waals surface area contributed by atoms with Crippen LogP contribution >= 0.6 is 11.6 Å². The first-order chi connectivity index (χ1) is 23.6. The van der Waals surface area contributed by atoms with Crippen molar-refractivity contribution in [3.8, 4) is 5.75 Å². The average Bonchev–Trinajstić information content (AvgIpc) is 3.34. The molecule has 0 saturated carbocycles. The van der Waals surface area contributed by atoms with Crippen molar-refractivity contribution < 1.29 is 58.7 Å². The van der Waals surface area contributed by atoms with Crippen molar-refractivity contribution in [2.75, 3.05) is 53.5 Å². The van der Waals surface area contributed by atoms with Gasteiger partial charge in [-0.1, -0.05) is 11.6 Å². The molecule has 0 spiro atoms. The molecule has 0 atom stereocenters. The molecule has 3 aromatic rings. The summed E-state index contributed by atoms with van der Waals surface area (Å²) in [5.41, 5.74) is 2.71. The van der Waals surface area contributed by atoms with E-state index in [-0.39, 0.29) is 18.3 Å². The van der Waals surface area contributed by atoms with E-state index in [1.165, 1.54) is 0 Å². The third kappa shape index (κ3) is 13.5. The smallest absolute Gasteiger partial charge is 0.328 e. The Balaban J connectivity index is 0.000000450. The van der Waals surface area contributed by atoms with Crippen LogP contribution in [0.5, 0.6) is 5.75 Å². The first-order valence-corrected chi connectivity index (χ1v) is 15.3. The number of piperazine rings is 1. The lowest BCUT2D eigenvalue weighted by Gasteiger charge is -2.32. The Morgan fingerprint density at radius 2 is 1.32 bits per heavy atom. The van der Waals surface area contributed by atoms with Crippen LogP contribution in [0, 0.1) is 6.92 Å². The van der Waals surface area contributed by atoms with Crippen LogP contribution in [0.25, 0.3) is 10.9 Å². The number of methoxy groups -OCH3 is 1. The summed E-state index contributed by atoms with van der Waals surface area (Å²) in [6.07, 6.45) is 2.31. The van der Waals surface area contributed by atoms with Crippen LogP contribution in [0.3, 0.4) is 0 Å². The molecule has 1 aliphatic rings. The van der Waals surface area contributed by atoms with Crippen molar-refractivity contribution >= 4 is 58.3 Å². The van der Waals surface area contributed by atoms with Gasteiger partial charge >= 0.3 is 29.8 Å². The number of rotatable bonds is 11. The minimum Gasteiger partial charge on any atom is -0.497 e. The summed E-state index contributed by atoms with van der Waals surface area (Å²) < 4.78 is 12.6. The number of nitrogens with zero attached hydrogens (tertiary/aromatic N) is 3. The number of carboxylic acids is 4. The number of halogens is 1. The molecule has 4 N–H and O–H groups in total. The Morgan fingerprint density at radius 1 is 0.800 bits per heavy atom. The number of carbonyl (C=O) groups is 6. The molecule has 0 amide bonds. The van der Waals surface area contributed by atoms with E-state index in [9.17, 15) is 28.8 Å². The van der Waals surface area contributed by atoms with E-state index in [1.54, 1.807) is 35.9 Å². The highest BCUT2D eigenvalue weighted by atomic mass is 35.5. The Kier molecular flexibility index (Phi) is 16.4. The fourth-order valence-electron chi connectivity index (χ4n) is 4.64. The van der Waals surface area contributed by atoms with Gasteiger partial charge in [-0.3, -0.25) is 19.1 Å². The second-order valence-electron chi connectivity index (χ2n) is 10.7.